The summed E-state index contributed by atoms with van der Waals surface area (Å²) in [4.78, 5) is 0. The monoisotopic (exact) mass is 257 g/mol. The van der Waals surface area contributed by atoms with E-state index < -0.39 is 6.04 Å². The zero-order chi connectivity index (χ0) is 13.4. The Morgan fingerprint density at radius 1 is 1.26 bits per heavy atom. The van der Waals surface area contributed by atoms with E-state index >= 15 is 0 Å². The Morgan fingerprint density at radius 3 is 2.84 bits per heavy atom. The first-order valence-electron chi connectivity index (χ1n) is 6.44. The summed E-state index contributed by atoms with van der Waals surface area (Å²) in [6.45, 7) is 2.04. The molecule has 0 amide bonds. The van der Waals surface area contributed by atoms with E-state index in [9.17, 15) is 4.39 Å². The van der Waals surface area contributed by atoms with Gasteiger partial charge in [-0.3, -0.25) is 0 Å². The van der Waals surface area contributed by atoms with Gasteiger partial charge in [-0.15, -0.1) is 0 Å². The Hall–Kier alpha value is -1.87. The predicted octanol–water partition coefficient (Wildman–Crippen LogP) is 3.20. The topological polar surface area (TPSA) is 35.2 Å². The summed E-state index contributed by atoms with van der Waals surface area (Å²) in [5.41, 5.74) is 8.76. The summed E-state index contributed by atoms with van der Waals surface area (Å²) in [7, 11) is 0. The highest BCUT2D eigenvalue weighted by Crippen LogP contribution is 2.32. The van der Waals surface area contributed by atoms with Crippen LogP contribution in [0.15, 0.2) is 42.5 Å². The second-order valence-electron chi connectivity index (χ2n) is 5.00. The number of hydrogen-bond donors (Lipinski definition) is 1. The molecule has 0 saturated carbocycles. The second kappa shape index (κ2) is 4.67. The van der Waals surface area contributed by atoms with Crippen molar-refractivity contribution in [3.05, 3.63) is 65.0 Å². The van der Waals surface area contributed by atoms with Crippen molar-refractivity contribution in [2.45, 2.75) is 25.5 Å². The SMILES string of the molecule is CC1Cc2cc(C(N)c3ccccc3F)ccc2O1. The Labute approximate surface area is 112 Å². The molecule has 2 aromatic rings. The molecule has 0 radical (unpaired) electrons. The molecule has 2 unspecified atom stereocenters. The van der Waals surface area contributed by atoms with Crippen LogP contribution in [-0.4, -0.2) is 6.10 Å². The lowest BCUT2D eigenvalue weighted by molar-refractivity contribution is 0.254. The van der Waals surface area contributed by atoms with Crippen molar-refractivity contribution < 1.29 is 9.13 Å². The van der Waals surface area contributed by atoms with Gasteiger partial charge in [0, 0.05) is 12.0 Å². The first-order valence-corrected chi connectivity index (χ1v) is 6.44. The zero-order valence-electron chi connectivity index (χ0n) is 10.8. The van der Waals surface area contributed by atoms with Gasteiger partial charge in [0.15, 0.2) is 0 Å². The highest BCUT2D eigenvalue weighted by Gasteiger charge is 2.21. The van der Waals surface area contributed by atoms with E-state index in [0.29, 0.717) is 5.56 Å². The van der Waals surface area contributed by atoms with Gasteiger partial charge in [-0.25, -0.2) is 4.39 Å². The third-order valence-corrected chi connectivity index (χ3v) is 3.52. The van der Waals surface area contributed by atoms with Crippen LogP contribution >= 0.6 is 0 Å². The van der Waals surface area contributed by atoms with E-state index in [1.165, 1.54) is 6.07 Å². The minimum absolute atomic E-state index is 0.204. The Kier molecular flexibility index (Phi) is 2.99. The largest absolute Gasteiger partial charge is 0.490 e. The van der Waals surface area contributed by atoms with Crippen LogP contribution in [0.2, 0.25) is 0 Å². The average molecular weight is 257 g/mol. The fourth-order valence-corrected chi connectivity index (χ4v) is 2.54. The maximum Gasteiger partial charge on any atom is 0.128 e. The lowest BCUT2D eigenvalue weighted by Gasteiger charge is -2.14. The Morgan fingerprint density at radius 2 is 2.05 bits per heavy atom. The number of halogens is 1. The maximum atomic E-state index is 13.8. The molecule has 19 heavy (non-hydrogen) atoms. The van der Waals surface area contributed by atoms with Crippen molar-refractivity contribution in [3.63, 3.8) is 0 Å². The summed E-state index contributed by atoms with van der Waals surface area (Å²) in [6, 6.07) is 12.1. The lowest BCUT2D eigenvalue weighted by atomic mass is 9.96. The molecule has 98 valence electrons. The van der Waals surface area contributed by atoms with Crippen molar-refractivity contribution in [2.24, 2.45) is 5.73 Å². The standard InChI is InChI=1S/C16H16FNO/c1-10-8-12-9-11(6-7-15(12)19-10)16(18)13-4-2-3-5-14(13)17/h2-7,9-10,16H,8,18H2,1H3. The number of hydrogen-bond acceptors (Lipinski definition) is 2. The first kappa shape index (κ1) is 12.2. The molecule has 0 aliphatic carbocycles. The molecule has 0 bridgehead atoms. The van der Waals surface area contributed by atoms with E-state index in [2.05, 4.69) is 0 Å². The van der Waals surface area contributed by atoms with Crippen molar-refractivity contribution >= 4 is 0 Å². The van der Waals surface area contributed by atoms with Gasteiger partial charge in [0.25, 0.3) is 0 Å². The molecule has 3 heteroatoms. The molecule has 3 rings (SSSR count). The van der Waals surface area contributed by atoms with E-state index in [-0.39, 0.29) is 11.9 Å². The van der Waals surface area contributed by atoms with Gasteiger partial charge < -0.3 is 10.5 Å². The van der Waals surface area contributed by atoms with Crippen LogP contribution in [0.3, 0.4) is 0 Å². The fourth-order valence-electron chi connectivity index (χ4n) is 2.54. The number of benzene rings is 2. The lowest BCUT2D eigenvalue weighted by Crippen LogP contribution is -2.13. The average Bonchev–Trinajstić information content (AvgIpc) is 2.77. The number of rotatable bonds is 2. The van der Waals surface area contributed by atoms with E-state index in [1.807, 2.05) is 25.1 Å². The van der Waals surface area contributed by atoms with Gasteiger partial charge in [0.2, 0.25) is 0 Å². The molecule has 1 heterocycles. The molecule has 0 saturated heterocycles. The molecule has 2 N–H and O–H groups in total. The van der Waals surface area contributed by atoms with Gasteiger partial charge >= 0.3 is 0 Å². The molecule has 2 nitrogen and oxygen atoms in total. The van der Waals surface area contributed by atoms with E-state index in [0.717, 1.165) is 23.3 Å². The number of ether oxygens (including phenoxy) is 1. The quantitative estimate of drug-likeness (QED) is 0.896. The molecular formula is C16H16FNO. The van der Waals surface area contributed by atoms with Gasteiger partial charge in [0.1, 0.15) is 17.7 Å². The second-order valence-corrected chi connectivity index (χ2v) is 5.00. The van der Waals surface area contributed by atoms with Crippen molar-refractivity contribution in [2.75, 3.05) is 0 Å². The number of nitrogens with two attached hydrogens (primary N) is 1. The van der Waals surface area contributed by atoms with E-state index in [4.69, 9.17) is 10.5 Å². The molecule has 0 fully saturated rings. The highest BCUT2D eigenvalue weighted by molar-refractivity contribution is 5.43. The van der Waals surface area contributed by atoms with Gasteiger partial charge in [-0.2, -0.15) is 0 Å². The first-order chi connectivity index (χ1) is 9.15. The minimum atomic E-state index is -0.442. The fraction of sp³-hybridized carbons (Fsp3) is 0.250. The maximum absolute atomic E-state index is 13.8. The van der Waals surface area contributed by atoms with Gasteiger partial charge in [-0.1, -0.05) is 30.3 Å². The summed E-state index contributed by atoms with van der Waals surface area (Å²) < 4.78 is 19.4. The van der Waals surface area contributed by atoms with Crippen molar-refractivity contribution in [1.29, 1.82) is 0 Å². The molecule has 0 aromatic heterocycles. The van der Waals surface area contributed by atoms with Crippen LogP contribution in [0.5, 0.6) is 5.75 Å². The van der Waals surface area contributed by atoms with Gasteiger partial charge in [-0.05, 0) is 30.2 Å². The van der Waals surface area contributed by atoms with Crippen molar-refractivity contribution in [3.8, 4) is 5.75 Å². The minimum Gasteiger partial charge on any atom is -0.490 e. The zero-order valence-corrected chi connectivity index (χ0v) is 10.8. The highest BCUT2D eigenvalue weighted by atomic mass is 19.1. The predicted molar refractivity (Wildman–Crippen MR) is 72.7 cm³/mol. The molecule has 1 aliphatic rings. The Balaban J connectivity index is 1.95. The van der Waals surface area contributed by atoms with Gasteiger partial charge in [0.05, 0.1) is 6.04 Å². The van der Waals surface area contributed by atoms with Crippen LogP contribution in [-0.2, 0) is 6.42 Å². The van der Waals surface area contributed by atoms with Crippen LogP contribution < -0.4 is 10.5 Å². The normalized spacial score (nSPS) is 18.8. The molecular weight excluding hydrogens is 241 g/mol. The molecule has 2 atom stereocenters. The van der Waals surface area contributed by atoms with Crippen LogP contribution in [0.25, 0.3) is 0 Å². The molecule has 0 spiro atoms. The third kappa shape index (κ3) is 2.22. The summed E-state index contributed by atoms with van der Waals surface area (Å²) in [5.74, 6) is 0.650. The van der Waals surface area contributed by atoms with Crippen LogP contribution in [0.4, 0.5) is 4.39 Å². The number of fused-ring (bicyclic) bond motifs is 1. The molecule has 1 aliphatic heterocycles. The summed E-state index contributed by atoms with van der Waals surface area (Å²) in [6.07, 6.45) is 1.09. The molecule has 2 aromatic carbocycles. The van der Waals surface area contributed by atoms with E-state index in [1.54, 1.807) is 18.2 Å². The summed E-state index contributed by atoms with van der Waals surface area (Å²) >= 11 is 0. The third-order valence-electron chi connectivity index (χ3n) is 3.52. The van der Waals surface area contributed by atoms with Crippen LogP contribution in [0.1, 0.15) is 29.7 Å². The Bertz CT molecular complexity index is 611. The smallest absolute Gasteiger partial charge is 0.128 e. The van der Waals surface area contributed by atoms with Crippen LogP contribution in [0, 0.1) is 5.82 Å². The van der Waals surface area contributed by atoms with Crippen molar-refractivity contribution in [1.82, 2.24) is 0 Å². The summed E-state index contributed by atoms with van der Waals surface area (Å²) in [5, 5.41) is 0.